The summed E-state index contributed by atoms with van der Waals surface area (Å²) in [6, 6.07) is 13.0. The minimum absolute atomic E-state index is 0.133. The van der Waals surface area contributed by atoms with Crippen LogP contribution in [0.15, 0.2) is 46.9 Å². The molecule has 0 aliphatic rings. The fourth-order valence-electron chi connectivity index (χ4n) is 3.20. The van der Waals surface area contributed by atoms with E-state index in [4.69, 9.17) is 4.74 Å². The number of benzene rings is 2. The Hall–Kier alpha value is -2.34. The van der Waals surface area contributed by atoms with Crippen LogP contribution in [-0.4, -0.2) is 34.9 Å². The summed E-state index contributed by atoms with van der Waals surface area (Å²) in [6.07, 6.45) is 0.511. The first-order valence-electron chi connectivity index (χ1n) is 10.6. The van der Waals surface area contributed by atoms with Crippen LogP contribution < -0.4 is 10.1 Å². The number of ether oxygens (including phenoxy) is 1. The number of hydrogen-bond acceptors (Lipinski definition) is 3. The number of rotatable bonds is 8. The topological polar surface area (TPSA) is 58.6 Å². The molecule has 0 aromatic heterocycles. The highest BCUT2D eigenvalue weighted by atomic mass is 79.9. The maximum Gasteiger partial charge on any atom is 0.261 e. The highest BCUT2D eigenvalue weighted by Crippen LogP contribution is 2.22. The van der Waals surface area contributed by atoms with Crippen LogP contribution in [0.4, 0.5) is 0 Å². The molecular formula is C25H33BrN2O3. The number of aryl methyl sites for hydroxylation is 2. The SMILES string of the molecule is CC[C@H](C(=O)NC(C)(C)C)N(Cc1ccc(C)cc1)C(=O)COc1ccc(Br)c(C)c1. The van der Waals surface area contributed by atoms with Crippen LogP contribution in [0.25, 0.3) is 0 Å². The van der Waals surface area contributed by atoms with Gasteiger partial charge in [0, 0.05) is 16.6 Å². The molecule has 6 heteroatoms. The molecule has 2 rings (SSSR count). The number of halogens is 1. The van der Waals surface area contributed by atoms with Gasteiger partial charge in [-0.15, -0.1) is 0 Å². The van der Waals surface area contributed by atoms with Crippen molar-refractivity contribution in [3.63, 3.8) is 0 Å². The third kappa shape index (κ3) is 7.69. The fraction of sp³-hybridized carbons (Fsp3) is 0.440. The smallest absolute Gasteiger partial charge is 0.261 e. The van der Waals surface area contributed by atoms with Crippen LogP contribution in [0.1, 0.15) is 50.8 Å². The molecule has 1 N–H and O–H groups in total. The molecule has 0 heterocycles. The maximum atomic E-state index is 13.2. The number of amides is 2. The number of nitrogens with one attached hydrogen (secondary N) is 1. The van der Waals surface area contributed by atoms with E-state index in [0.717, 1.165) is 21.2 Å². The molecule has 0 unspecified atom stereocenters. The zero-order chi connectivity index (χ0) is 23.2. The van der Waals surface area contributed by atoms with Gasteiger partial charge in [0.2, 0.25) is 5.91 Å². The zero-order valence-corrected chi connectivity index (χ0v) is 20.9. The van der Waals surface area contributed by atoms with Crippen molar-refractivity contribution >= 4 is 27.7 Å². The summed E-state index contributed by atoms with van der Waals surface area (Å²) in [5, 5.41) is 3.01. The third-order valence-corrected chi connectivity index (χ3v) is 5.74. The molecule has 0 spiro atoms. The van der Waals surface area contributed by atoms with Crippen molar-refractivity contribution in [3.8, 4) is 5.75 Å². The summed E-state index contributed by atoms with van der Waals surface area (Å²) in [4.78, 5) is 27.8. The van der Waals surface area contributed by atoms with Gasteiger partial charge in [-0.2, -0.15) is 0 Å². The summed E-state index contributed by atoms with van der Waals surface area (Å²) in [5.74, 6) is 0.239. The molecule has 168 valence electrons. The summed E-state index contributed by atoms with van der Waals surface area (Å²) in [6.45, 7) is 11.9. The van der Waals surface area contributed by atoms with E-state index < -0.39 is 6.04 Å². The number of carbonyl (C=O) groups excluding carboxylic acids is 2. The number of carbonyl (C=O) groups is 2. The zero-order valence-electron chi connectivity index (χ0n) is 19.3. The van der Waals surface area contributed by atoms with E-state index in [-0.39, 0.29) is 24.0 Å². The van der Waals surface area contributed by atoms with Crippen molar-refractivity contribution in [1.82, 2.24) is 10.2 Å². The van der Waals surface area contributed by atoms with Gasteiger partial charge >= 0.3 is 0 Å². The Morgan fingerprint density at radius 3 is 2.29 bits per heavy atom. The molecule has 2 amide bonds. The van der Waals surface area contributed by atoms with Crippen LogP contribution in [-0.2, 0) is 16.1 Å². The van der Waals surface area contributed by atoms with Gasteiger partial charge in [-0.05, 0) is 70.4 Å². The molecule has 2 aromatic rings. The standard InChI is InChI=1S/C25H33BrN2O3/c1-7-22(24(30)27-25(4,5)6)28(15-19-10-8-17(2)9-11-19)23(29)16-31-20-12-13-21(26)18(3)14-20/h8-14,22H,7,15-16H2,1-6H3,(H,27,30)/t22-/m1/s1. The first kappa shape index (κ1) is 24.9. The van der Waals surface area contributed by atoms with Gasteiger partial charge in [-0.25, -0.2) is 0 Å². The molecule has 5 nitrogen and oxygen atoms in total. The minimum Gasteiger partial charge on any atom is -0.484 e. The lowest BCUT2D eigenvalue weighted by molar-refractivity contribution is -0.143. The van der Waals surface area contributed by atoms with Crippen molar-refractivity contribution in [3.05, 3.63) is 63.6 Å². The fourth-order valence-corrected chi connectivity index (χ4v) is 3.44. The first-order chi connectivity index (χ1) is 14.5. The van der Waals surface area contributed by atoms with Crippen LogP contribution >= 0.6 is 15.9 Å². The number of hydrogen-bond donors (Lipinski definition) is 1. The summed E-state index contributed by atoms with van der Waals surface area (Å²) >= 11 is 3.47. The van der Waals surface area contributed by atoms with Gasteiger partial charge in [-0.1, -0.05) is 52.7 Å². The van der Waals surface area contributed by atoms with Crippen molar-refractivity contribution in [2.75, 3.05) is 6.61 Å². The molecule has 0 aliphatic heterocycles. The lowest BCUT2D eigenvalue weighted by atomic mass is 10.1. The molecule has 2 aromatic carbocycles. The van der Waals surface area contributed by atoms with E-state index in [0.29, 0.717) is 18.7 Å². The molecule has 0 saturated carbocycles. The second-order valence-corrected chi connectivity index (χ2v) is 9.72. The van der Waals surface area contributed by atoms with Crippen LogP contribution in [0, 0.1) is 13.8 Å². The second kappa shape index (κ2) is 10.8. The highest BCUT2D eigenvalue weighted by Gasteiger charge is 2.30. The Labute approximate surface area is 194 Å². The van der Waals surface area contributed by atoms with E-state index in [2.05, 4.69) is 21.2 Å². The van der Waals surface area contributed by atoms with Gasteiger partial charge < -0.3 is 15.0 Å². The largest absolute Gasteiger partial charge is 0.484 e. The van der Waals surface area contributed by atoms with Crippen LogP contribution in [0.2, 0.25) is 0 Å². The Morgan fingerprint density at radius 1 is 1.10 bits per heavy atom. The van der Waals surface area contributed by atoms with E-state index in [1.807, 2.05) is 84.0 Å². The monoisotopic (exact) mass is 488 g/mol. The normalized spacial score (nSPS) is 12.2. The summed E-state index contributed by atoms with van der Waals surface area (Å²) < 4.78 is 6.76. The van der Waals surface area contributed by atoms with Gasteiger partial charge in [0.1, 0.15) is 11.8 Å². The summed E-state index contributed by atoms with van der Waals surface area (Å²) in [5.41, 5.74) is 2.76. The van der Waals surface area contributed by atoms with Crippen molar-refractivity contribution in [2.45, 2.75) is 66.1 Å². The molecule has 0 fully saturated rings. The predicted molar refractivity (Wildman–Crippen MR) is 128 cm³/mol. The van der Waals surface area contributed by atoms with Gasteiger partial charge in [-0.3, -0.25) is 9.59 Å². The van der Waals surface area contributed by atoms with Gasteiger partial charge in [0.15, 0.2) is 6.61 Å². The summed E-state index contributed by atoms with van der Waals surface area (Å²) in [7, 11) is 0. The van der Waals surface area contributed by atoms with E-state index in [1.54, 1.807) is 4.90 Å². The van der Waals surface area contributed by atoms with Crippen LogP contribution in [0.3, 0.4) is 0 Å². The molecule has 0 radical (unpaired) electrons. The third-order valence-electron chi connectivity index (χ3n) is 4.85. The Kier molecular flexibility index (Phi) is 8.69. The Bertz CT molecular complexity index is 904. The van der Waals surface area contributed by atoms with Crippen molar-refractivity contribution in [2.24, 2.45) is 0 Å². The van der Waals surface area contributed by atoms with Crippen molar-refractivity contribution < 1.29 is 14.3 Å². The minimum atomic E-state index is -0.580. The lowest BCUT2D eigenvalue weighted by Crippen LogP contribution is -2.54. The molecule has 31 heavy (non-hydrogen) atoms. The second-order valence-electron chi connectivity index (χ2n) is 8.87. The quantitative estimate of drug-likeness (QED) is 0.557. The Balaban J connectivity index is 2.23. The van der Waals surface area contributed by atoms with E-state index in [1.165, 1.54) is 0 Å². The van der Waals surface area contributed by atoms with Crippen LogP contribution in [0.5, 0.6) is 5.75 Å². The van der Waals surface area contributed by atoms with Gasteiger partial charge in [0.05, 0.1) is 0 Å². The molecular weight excluding hydrogens is 456 g/mol. The molecule has 0 bridgehead atoms. The average Bonchev–Trinajstić information content (AvgIpc) is 2.68. The average molecular weight is 489 g/mol. The van der Waals surface area contributed by atoms with E-state index in [9.17, 15) is 9.59 Å². The molecule has 1 atom stereocenters. The lowest BCUT2D eigenvalue weighted by Gasteiger charge is -2.33. The molecule has 0 saturated heterocycles. The maximum absolute atomic E-state index is 13.2. The van der Waals surface area contributed by atoms with Gasteiger partial charge in [0.25, 0.3) is 5.91 Å². The predicted octanol–water partition coefficient (Wildman–Crippen LogP) is 5.17. The first-order valence-corrected chi connectivity index (χ1v) is 11.4. The van der Waals surface area contributed by atoms with E-state index >= 15 is 0 Å². The number of nitrogens with zero attached hydrogens (tertiary/aromatic N) is 1. The molecule has 0 aliphatic carbocycles. The van der Waals surface area contributed by atoms with Crippen molar-refractivity contribution in [1.29, 1.82) is 0 Å². The Morgan fingerprint density at radius 2 is 1.74 bits per heavy atom. The highest BCUT2D eigenvalue weighted by molar-refractivity contribution is 9.10.